The summed E-state index contributed by atoms with van der Waals surface area (Å²) < 4.78 is 0. The van der Waals surface area contributed by atoms with Crippen LogP contribution in [0.15, 0.2) is 18.3 Å². The summed E-state index contributed by atoms with van der Waals surface area (Å²) in [5.41, 5.74) is 0.810. The predicted molar refractivity (Wildman–Crippen MR) is 87.8 cm³/mol. The van der Waals surface area contributed by atoms with Crippen LogP contribution in [0.4, 0.5) is 0 Å². The Hall–Kier alpha value is -1.91. The van der Waals surface area contributed by atoms with Gasteiger partial charge in [0.1, 0.15) is 5.69 Å². The van der Waals surface area contributed by atoms with Gasteiger partial charge in [0.2, 0.25) is 0 Å². The van der Waals surface area contributed by atoms with Crippen molar-refractivity contribution >= 4 is 11.8 Å². The van der Waals surface area contributed by atoms with E-state index in [0.717, 1.165) is 12.8 Å². The first-order chi connectivity index (χ1) is 10.4. The molecule has 0 aliphatic carbocycles. The zero-order valence-corrected chi connectivity index (χ0v) is 14.0. The summed E-state index contributed by atoms with van der Waals surface area (Å²) >= 11 is 0. The van der Waals surface area contributed by atoms with E-state index < -0.39 is 0 Å². The molecule has 0 aliphatic heterocycles. The molecule has 0 aromatic carbocycles. The Morgan fingerprint density at radius 2 is 1.50 bits per heavy atom. The molecule has 0 spiro atoms. The van der Waals surface area contributed by atoms with E-state index in [1.54, 1.807) is 12.1 Å². The first-order valence-corrected chi connectivity index (χ1v) is 7.92. The summed E-state index contributed by atoms with van der Waals surface area (Å²) in [5.74, 6) is 0.743. The van der Waals surface area contributed by atoms with Crippen LogP contribution >= 0.6 is 0 Å². The summed E-state index contributed by atoms with van der Waals surface area (Å²) in [7, 11) is 0. The lowest BCUT2D eigenvalue weighted by Crippen LogP contribution is -2.27. The van der Waals surface area contributed by atoms with Gasteiger partial charge in [-0.15, -0.1) is 0 Å². The number of aromatic nitrogens is 1. The van der Waals surface area contributed by atoms with Gasteiger partial charge in [-0.05, 0) is 36.8 Å². The van der Waals surface area contributed by atoms with Gasteiger partial charge in [0, 0.05) is 19.3 Å². The largest absolute Gasteiger partial charge is 0.352 e. The molecular formula is C17H27N3O2. The fraction of sp³-hybridized carbons (Fsp3) is 0.588. The number of carbonyl (C=O) groups is 2. The van der Waals surface area contributed by atoms with E-state index in [2.05, 4.69) is 43.3 Å². The molecule has 0 atom stereocenters. The molecule has 122 valence electrons. The number of carbonyl (C=O) groups excluding carboxylic acids is 2. The molecule has 0 saturated carbocycles. The summed E-state index contributed by atoms with van der Waals surface area (Å²) in [5, 5.41) is 5.67. The van der Waals surface area contributed by atoms with Crippen molar-refractivity contribution in [1.29, 1.82) is 0 Å². The van der Waals surface area contributed by atoms with E-state index in [4.69, 9.17) is 0 Å². The van der Waals surface area contributed by atoms with E-state index in [1.807, 2.05) is 0 Å². The predicted octanol–water partition coefficient (Wildman–Crippen LogP) is 2.63. The fourth-order valence-electron chi connectivity index (χ4n) is 1.80. The quantitative estimate of drug-likeness (QED) is 0.775. The minimum atomic E-state index is -0.201. The van der Waals surface area contributed by atoms with Crippen LogP contribution in [0.5, 0.6) is 0 Å². The SMILES string of the molecule is CC(C)CCNC(=O)c1ccc(C(=O)NCCC(C)C)nc1. The van der Waals surface area contributed by atoms with Crippen molar-refractivity contribution in [2.24, 2.45) is 11.8 Å². The smallest absolute Gasteiger partial charge is 0.269 e. The lowest BCUT2D eigenvalue weighted by atomic mass is 10.1. The highest BCUT2D eigenvalue weighted by molar-refractivity contribution is 5.96. The molecule has 2 N–H and O–H groups in total. The summed E-state index contributed by atoms with van der Waals surface area (Å²) in [6.07, 6.45) is 3.32. The number of nitrogens with zero attached hydrogens (tertiary/aromatic N) is 1. The zero-order valence-electron chi connectivity index (χ0n) is 14.0. The topological polar surface area (TPSA) is 71.1 Å². The van der Waals surface area contributed by atoms with Crippen LogP contribution in [0.1, 0.15) is 61.4 Å². The highest BCUT2D eigenvalue weighted by Crippen LogP contribution is 2.03. The maximum atomic E-state index is 11.9. The molecule has 5 nitrogen and oxygen atoms in total. The molecular weight excluding hydrogens is 278 g/mol. The number of hydrogen-bond acceptors (Lipinski definition) is 3. The molecule has 0 aliphatic rings. The lowest BCUT2D eigenvalue weighted by molar-refractivity contribution is 0.0935. The second kappa shape index (κ2) is 9.18. The van der Waals surface area contributed by atoms with Gasteiger partial charge in [0.25, 0.3) is 11.8 Å². The van der Waals surface area contributed by atoms with Gasteiger partial charge in [0.15, 0.2) is 0 Å². The second-order valence-electron chi connectivity index (χ2n) is 6.31. The van der Waals surface area contributed by atoms with E-state index in [1.165, 1.54) is 6.20 Å². The Morgan fingerprint density at radius 1 is 0.955 bits per heavy atom. The summed E-state index contributed by atoms with van der Waals surface area (Å²) in [4.78, 5) is 27.9. The van der Waals surface area contributed by atoms with Crippen LogP contribution in [-0.4, -0.2) is 29.9 Å². The number of hydrogen-bond donors (Lipinski definition) is 2. The highest BCUT2D eigenvalue weighted by Gasteiger charge is 2.10. The molecule has 0 bridgehead atoms. The Balaban J connectivity index is 2.48. The van der Waals surface area contributed by atoms with Crippen molar-refractivity contribution in [3.05, 3.63) is 29.6 Å². The van der Waals surface area contributed by atoms with Crippen molar-refractivity contribution in [3.8, 4) is 0 Å². The summed E-state index contributed by atoms with van der Waals surface area (Å²) in [6, 6.07) is 3.22. The number of amides is 2. The fourth-order valence-corrected chi connectivity index (χ4v) is 1.80. The van der Waals surface area contributed by atoms with Crippen LogP contribution in [0, 0.1) is 11.8 Å². The van der Waals surface area contributed by atoms with Gasteiger partial charge in [-0.1, -0.05) is 27.7 Å². The third kappa shape index (κ3) is 6.70. The minimum absolute atomic E-state index is 0.153. The zero-order chi connectivity index (χ0) is 16.5. The van der Waals surface area contributed by atoms with Crippen molar-refractivity contribution in [3.63, 3.8) is 0 Å². The van der Waals surface area contributed by atoms with E-state index in [0.29, 0.717) is 36.2 Å². The van der Waals surface area contributed by atoms with Gasteiger partial charge in [-0.3, -0.25) is 14.6 Å². The Labute approximate surface area is 132 Å². The highest BCUT2D eigenvalue weighted by atomic mass is 16.2. The number of rotatable bonds is 8. The van der Waals surface area contributed by atoms with Crippen LogP contribution in [0.25, 0.3) is 0 Å². The van der Waals surface area contributed by atoms with Gasteiger partial charge in [-0.25, -0.2) is 0 Å². The van der Waals surface area contributed by atoms with Crippen LogP contribution in [-0.2, 0) is 0 Å². The first kappa shape index (κ1) is 18.1. The molecule has 2 amide bonds. The molecule has 0 saturated heterocycles. The minimum Gasteiger partial charge on any atom is -0.352 e. The van der Waals surface area contributed by atoms with Crippen molar-refractivity contribution < 1.29 is 9.59 Å². The summed E-state index contributed by atoms with van der Waals surface area (Å²) in [6.45, 7) is 9.72. The van der Waals surface area contributed by atoms with Crippen LogP contribution < -0.4 is 10.6 Å². The van der Waals surface area contributed by atoms with Crippen molar-refractivity contribution in [2.75, 3.05) is 13.1 Å². The Bertz CT molecular complexity index is 436. The van der Waals surface area contributed by atoms with Gasteiger partial charge >= 0.3 is 0 Å². The molecule has 1 heterocycles. The number of nitrogens with one attached hydrogen (secondary N) is 2. The molecule has 0 fully saturated rings. The van der Waals surface area contributed by atoms with Gasteiger partial charge < -0.3 is 10.6 Å². The third-order valence-electron chi connectivity index (χ3n) is 3.27. The Kier molecular flexibility index (Phi) is 7.57. The van der Waals surface area contributed by atoms with Crippen molar-refractivity contribution in [2.45, 2.75) is 40.5 Å². The van der Waals surface area contributed by atoms with Gasteiger partial charge in [-0.2, -0.15) is 0 Å². The van der Waals surface area contributed by atoms with Crippen molar-refractivity contribution in [1.82, 2.24) is 15.6 Å². The van der Waals surface area contributed by atoms with E-state index in [9.17, 15) is 9.59 Å². The molecule has 22 heavy (non-hydrogen) atoms. The molecule has 1 rings (SSSR count). The molecule has 1 aromatic heterocycles. The number of pyridine rings is 1. The van der Waals surface area contributed by atoms with Crippen LogP contribution in [0.3, 0.4) is 0 Å². The van der Waals surface area contributed by atoms with E-state index in [-0.39, 0.29) is 11.8 Å². The second-order valence-corrected chi connectivity index (χ2v) is 6.31. The van der Waals surface area contributed by atoms with Crippen LogP contribution in [0.2, 0.25) is 0 Å². The molecule has 0 unspecified atom stereocenters. The molecule has 1 aromatic rings. The molecule has 0 radical (unpaired) electrons. The monoisotopic (exact) mass is 305 g/mol. The average Bonchev–Trinajstić information content (AvgIpc) is 2.46. The van der Waals surface area contributed by atoms with Gasteiger partial charge in [0.05, 0.1) is 5.56 Å². The normalized spacial score (nSPS) is 10.8. The Morgan fingerprint density at radius 3 is 1.95 bits per heavy atom. The maximum absolute atomic E-state index is 11.9. The average molecular weight is 305 g/mol. The lowest BCUT2D eigenvalue weighted by Gasteiger charge is -2.08. The molecule has 5 heteroatoms. The third-order valence-corrected chi connectivity index (χ3v) is 3.27. The first-order valence-electron chi connectivity index (χ1n) is 7.92. The van der Waals surface area contributed by atoms with E-state index >= 15 is 0 Å². The maximum Gasteiger partial charge on any atom is 0.269 e. The standard InChI is InChI=1S/C17H27N3O2/c1-12(2)7-9-18-16(21)14-5-6-15(20-11-14)17(22)19-10-8-13(3)4/h5-6,11-13H,7-10H2,1-4H3,(H,18,21)(H,19,22).